The molecule has 0 atom stereocenters. The van der Waals surface area contributed by atoms with Gasteiger partial charge in [0.05, 0.1) is 18.5 Å². The quantitative estimate of drug-likeness (QED) is 0.317. The topological polar surface area (TPSA) is 127 Å². The predicted octanol–water partition coefficient (Wildman–Crippen LogP) is -1.03. The molecule has 3 N–H and O–H groups in total. The van der Waals surface area contributed by atoms with Crippen LogP contribution in [0.2, 0.25) is 0 Å². The fourth-order valence-corrected chi connectivity index (χ4v) is 2.94. The first-order chi connectivity index (χ1) is 8.91. The average Bonchev–Trinajstić information content (AvgIpc) is 2.86. The second-order valence-electron chi connectivity index (χ2n) is 4.46. The molecule has 0 bridgehead atoms. The van der Waals surface area contributed by atoms with E-state index in [0.717, 1.165) is 0 Å². The summed E-state index contributed by atoms with van der Waals surface area (Å²) in [6.07, 6.45) is 4.12. The Balaban J connectivity index is 2.04. The van der Waals surface area contributed by atoms with Crippen molar-refractivity contribution in [2.75, 3.05) is 19.3 Å². The number of rotatable bonds is 3. The van der Waals surface area contributed by atoms with Crippen LogP contribution in [0.5, 0.6) is 0 Å². The molecule has 0 spiro atoms. The molecule has 1 aromatic heterocycles. The molecule has 0 amide bonds. The molecule has 1 aliphatic rings. The molecule has 0 aliphatic carbocycles. The summed E-state index contributed by atoms with van der Waals surface area (Å²) in [5, 5.41) is 19.1. The number of sulfonamides is 1. The highest BCUT2D eigenvalue weighted by atomic mass is 32.2. The SMILES string of the molecule is CS(=O)(=O)N1CCC(n2cc(/C(N)=N/O)nn2)CC1. The highest BCUT2D eigenvalue weighted by molar-refractivity contribution is 7.88. The Bertz CT molecular complexity index is 573. The van der Waals surface area contributed by atoms with E-state index in [4.69, 9.17) is 10.9 Å². The highest BCUT2D eigenvalue weighted by Crippen LogP contribution is 2.22. The van der Waals surface area contributed by atoms with E-state index in [-0.39, 0.29) is 11.9 Å². The summed E-state index contributed by atoms with van der Waals surface area (Å²) in [6, 6.07) is 0.0748. The first-order valence-electron chi connectivity index (χ1n) is 5.76. The molecule has 2 rings (SSSR count). The van der Waals surface area contributed by atoms with Gasteiger partial charge < -0.3 is 10.9 Å². The monoisotopic (exact) mass is 288 g/mol. The Labute approximate surface area is 110 Å². The number of nitrogens with zero attached hydrogens (tertiary/aromatic N) is 5. The van der Waals surface area contributed by atoms with Crippen LogP contribution in [0, 0.1) is 0 Å². The van der Waals surface area contributed by atoms with Crippen molar-refractivity contribution < 1.29 is 13.6 Å². The number of nitrogens with two attached hydrogens (primary N) is 1. The summed E-state index contributed by atoms with van der Waals surface area (Å²) in [5.74, 6) is -0.0974. The molecule has 106 valence electrons. The normalized spacial score (nSPS) is 19.7. The maximum atomic E-state index is 11.4. The van der Waals surface area contributed by atoms with Gasteiger partial charge in [-0.05, 0) is 12.8 Å². The zero-order valence-corrected chi connectivity index (χ0v) is 11.3. The predicted molar refractivity (Wildman–Crippen MR) is 67.2 cm³/mol. The number of amidine groups is 1. The summed E-state index contributed by atoms with van der Waals surface area (Å²) in [5.41, 5.74) is 5.71. The third kappa shape index (κ3) is 3.01. The van der Waals surface area contributed by atoms with Crippen molar-refractivity contribution in [3.63, 3.8) is 0 Å². The smallest absolute Gasteiger partial charge is 0.211 e. The zero-order chi connectivity index (χ0) is 14.0. The molecular formula is C9H16N6O3S. The second kappa shape index (κ2) is 5.13. The van der Waals surface area contributed by atoms with E-state index < -0.39 is 10.0 Å². The van der Waals surface area contributed by atoms with Crippen LogP contribution in [0.3, 0.4) is 0 Å². The van der Waals surface area contributed by atoms with Crippen LogP contribution in [0.25, 0.3) is 0 Å². The van der Waals surface area contributed by atoms with E-state index in [1.54, 1.807) is 10.9 Å². The van der Waals surface area contributed by atoms with Crippen molar-refractivity contribution in [3.8, 4) is 0 Å². The first-order valence-corrected chi connectivity index (χ1v) is 7.61. The van der Waals surface area contributed by atoms with Gasteiger partial charge in [-0.15, -0.1) is 5.10 Å². The zero-order valence-electron chi connectivity index (χ0n) is 10.5. The van der Waals surface area contributed by atoms with E-state index >= 15 is 0 Å². The van der Waals surface area contributed by atoms with Gasteiger partial charge in [0.25, 0.3) is 0 Å². The van der Waals surface area contributed by atoms with Gasteiger partial charge >= 0.3 is 0 Å². The molecule has 10 heteroatoms. The van der Waals surface area contributed by atoms with Crippen LogP contribution in [0.1, 0.15) is 24.6 Å². The summed E-state index contributed by atoms with van der Waals surface area (Å²) in [4.78, 5) is 0. The van der Waals surface area contributed by atoms with Crippen molar-refractivity contribution in [2.45, 2.75) is 18.9 Å². The van der Waals surface area contributed by atoms with Gasteiger partial charge in [0, 0.05) is 13.1 Å². The van der Waals surface area contributed by atoms with Gasteiger partial charge in [-0.1, -0.05) is 10.4 Å². The van der Waals surface area contributed by atoms with E-state index in [2.05, 4.69) is 15.5 Å². The minimum atomic E-state index is -3.13. The van der Waals surface area contributed by atoms with Crippen LogP contribution >= 0.6 is 0 Å². The van der Waals surface area contributed by atoms with Crippen molar-refractivity contribution in [2.24, 2.45) is 10.9 Å². The molecule has 19 heavy (non-hydrogen) atoms. The van der Waals surface area contributed by atoms with Gasteiger partial charge in [0.1, 0.15) is 0 Å². The Morgan fingerprint density at radius 2 is 2.16 bits per heavy atom. The molecule has 1 saturated heterocycles. The molecule has 1 fully saturated rings. The summed E-state index contributed by atoms with van der Waals surface area (Å²) in [7, 11) is -3.13. The largest absolute Gasteiger partial charge is 0.409 e. The van der Waals surface area contributed by atoms with Crippen molar-refractivity contribution in [1.29, 1.82) is 0 Å². The Kier molecular flexibility index (Phi) is 3.71. The molecule has 0 aromatic carbocycles. The van der Waals surface area contributed by atoms with Gasteiger partial charge in [-0.2, -0.15) is 0 Å². The average molecular weight is 288 g/mol. The minimum absolute atomic E-state index is 0.0748. The van der Waals surface area contributed by atoms with E-state index in [0.29, 0.717) is 31.6 Å². The fraction of sp³-hybridized carbons (Fsp3) is 0.667. The van der Waals surface area contributed by atoms with Crippen LogP contribution in [-0.2, 0) is 10.0 Å². The van der Waals surface area contributed by atoms with E-state index in [1.165, 1.54) is 10.6 Å². The number of hydrogen-bond donors (Lipinski definition) is 2. The Morgan fingerprint density at radius 3 is 2.68 bits per heavy atom. The van der Waals surface area contributed by atoms with Gasteiger partial charge in [-0.25, -0.2) is 17.4 Å². The molecular weight excluding hydrogens is 272 g/mol. The van der Waals surface area contributed by atoms with Crippen LogP contribution in [0.4, 0.5) is 0 Å². The van der Waals surface area contributed by atoms with E-state index in [1.807, 2.05) is 0 Å². The maximum absolute atomic E-state index is 11.4. The van der Waals surface area contributed by atoms with Gasteiger partial charge in [0.15, 0.2) is 11.5 Å². The van der Waals surface area contributed by atoms with E-state index in [9.17, 15) is 8.42 Å². The highest BCUT2D eigenvalue weighted by Gasteiger charge is 2.26. The number of piperidine rings is 1. The van der Waals surface area contributed by atoms with Gasteiger partial charge in [0.2, 0.25) is 10.0 Å². The Morgan fingerprint density at radius 1 is 1.53 bits per heavy atom. The standard InChI is InChI=1S/C9H16N6O3S/c1-19(17,18)14-4-2-7(3-5-14)15-6-8(11-13-15)9(10)12-16/h6-7,16H,2-5H2,1H3,(H2,10,12). The number of oxime groups is 1. The summed E-state index contributed by atoms with van der Waals surface area (Å²) >= 11 is 0. The second-order valence-corrected chi connectivity index (χ2v) is 6.44. The molecule has 9 nitrogen and oxygen atoms in total. The van der Waals surface area contributed by atoms with Crippen molar-refractivity contribution in [1.82, 2.24) is 19.3 Å². The van der Waals surface area contributed by atoms with Crippen LogP contribution in [-0.4, -0.2) is 58.1 Å². The lowest BCUT2D eigenvalue weighted by atomic mass is 10.1. The lowest BCUT2D eigenvalue weighted by molar-refractivity contribution is 0.259. The third-order valence-corrected chi connectivity index (χ3v) is 4.45. The Hall–Kier alpha value is -1.68. The van der Waals surface area contributed by atoms with Crippen LogP contribution in [0.15, 0.2) is 11.4 Å². The molecule has 2 heterocycles. The van der Waals surface area contributed by atoms with Crippen molar-refractivity contribution in [3.05, 3.63) is 11.9 Å². The maximum Gasteiger partial charge on any atom is 0.211 e. The first kappa shape index (κ1) is 13.7. The minimum Gasteiger partial charge on any atom is -0.409 e. The lowest BCUT2D eigenvalue weighted by Crippen LogP contribution is -2.38. The van der Waals surface area contributed by atoms with Crippen LogP contribution < -0.4 is 5.73 Å². The lowest BCUT2D eigenvalue weighted by Gasteiger charge is -2.29. The number of hydrogen-bond acceptors (Lipinski definition) is 6. The molecule has 1 aliphatic heterocycles. The van der Waals surface area contributed by atoms with Gasteiger partial charge in [-0.3, -0.25) is 0 Å². The van der Waals surface area contributed by atoms with Crippen molar-refractivity contribution >= 4 is 15.9 Å². The molecule has 0 unspecified atom stereocenters. The molecule has 1 aromatic rings. The molecule has 0 saturated carbocycles. The fourth-order valence-electron chi connectivity index (χ4n) is 2.06. The number of aromatic nitrogens is 3. The summed E-state index contributed by atoms with van der Waals surface area (Å²) < 4.78 is 25.9. The summed E-state index contributed by atoms with van der Waals surface area (Å²) in [6.45, 7) is 0.921. The molecule has 0 radical (unpaired) electrons. The third-order valence-electron chi connectivity index (χ3n) is 3.15.